The molecule has 1 atom stereocenters. The van der Waals surface area contributed by atoms with Crippen molar-refractivity contribution in [1.82, 2.24) is 5.32 Å². The van der Waals surface area contributed by atoms with Crippen molar-refractivity contribution in [2.45, 2.75) is 36.9 Å². The van der Waals surface area contributed by atoms with Gasteiger partial charge in [0.25, 0.3) is 0 Å². The van der Waals surface area contributed by atoms with Crippen molar-refractivity contribution in [3.63, 3.8) is 0 Å². The van der Waals surface area contributed by atoms with E-state index in [-0.39, 0.29) is 5.54 Å². The second kappa shape index (κ2) is 4.14. The van der Waals surface area contributed by atoms with Crippen LogP contribution in [0.5, 0.6) is 0 Å². The van der Waals surface area contributed by atoms with E-state index < -0.39 is 0 Å². The lowest BCUT2D eigenvalue weighted by molar-refractivity contribution is 0.0158. The van der Waals surface area contributed by atoms with E-state index >= 15 is 0 Å². The van der Waals surface area contributed by atoms with Crippen LogP contribution in [0.1, 0.15) is 19.3 Å². The van der Waals surface area contributed by atoms with E-state index in [9.17, 15) is 0 Å². The molecule has 1 aliphatic carbocycles. The minimum absolute atomic E-state index is 0.127. The highest BCUT2D eigenvalue weighted by Crippen LogP contribution is 2.23. The van der Waals surface area contributed by atoms with Crippen LogP contribution < -0.4 is 11.1 Å². The molecule has 1 saturated heterocycles. The molecule has 0 bridgehead atoms. The molecule has 2 aliphatic rings. The summed E-state index contributed by atoms with van der Waals surface area (Å²) in [5.74, 6) is 0. The molecule has 2 fully saturated rings. The Hall–Kier alpha value is -0.160. The molecule has 2 rings (SSSR count). The Morgan fingerprint density at radius 1 is 1.57 bits per heavy atom. The fourth-order valence-electron chi connectivity index (χ4n) is 2.03. The van der Waals surface area contributed by atoms with Gasteiger partial charge in [-0.3, -0.25) is 0 Å². The molecule has 0 amide bonds. The van der Waals surface area contributed by atoms with E-state index in [2.05, 4.69) is 5.32 Å². The first-order chi connectivity index (χ1) is 6.72. The van der Waals surface area contributed by atoms with Crippen molar-refractivity contribution >= 4 is 0 Å². The highest BCUT2D eigenvalue weighted by molar-refractivity contribution is 4.94. The van der Waals surface area contributed by atoms with Crippen molar-refractivity contribution in [2.24, 2.45) is 5.73 Å². The average Bonchev–Trinajstić information content (AvgIpc) is 2.50. The first-order valence-corrected chi connectivity index (χ1v) is 5.35. The molecule has 3 N–H and O–H groups in total. The summed E-state index contributed by atoms with van der Waals surface area (Å²) in [6, 6.07) is 0.598. The van der Waals surface area contributed by atoms with Crippen LogP contribution in [0.4, 0.5) is 0 Å². The number of rotatable bonds is 4. The molecule has 0 radical (unpaired) electrons. The second-order valence-electron chi connectivity index (χ2n) is 4.57. The molecule has 0 aromatic carbocycles. The molecule has 0 aromatic rings. The first-order valence-electron chi connectivity index (χ1n) is 5.35. The summed E-state index contributed by atoms with van der Waals surface area (Å²) >= 11 is 0. The number of ether oxygens (including phenoxy) is 2. The Morgan fingerprint density at radius 3 is 2.93 bits per heavy atom. The quantitative estimate of drug-likeness (QED) is 0.664. The first kappa shape index (κ1) is 10.4. The molecular weight excluding hydrogens is 180 g/mol. The van der Waals surface area contributed by atoms with Gasteiger partial charge in [-0.1, -0.05) is 0 Å². The standard InChI is InChI=1S/C10H20N2O2/c1-13-9-4-8(5-9)12-6-10(11)2-3-14-7-10/h8-9,12H,2-7,11H2,1H3. The smallest absolute Gasteiger partial charge is 0.0659 e. The van der Waals surface area contributed by atoms with Crippen LogP contribution in [0.3, 0.4) is 0 Å². The van der Waals surface area contributed by atoms with Crippen molar-refractivity contribution < 1.29 is 9.47 Å². The number of hydrogen-bond donors (Lipinski definition) is 2. The van der Waals surface area contributed by atoms with Crippen molar-refractivity contribution in [3.05, 3.63) is 0 Å². The summed E-state index contributed by atoms with van der Waals surface area (Å²) < 4.78 is 10.5. The van der Waals surface area contributed by atoms with Crippen molar-refractivity contribution in [1.29, 1.82) is 0 Å². The predicted octanol–water partition coefficient (Wildman–Crippen LogP) is -0.129. The average molecular weight is 200 g/mol. The molecule has 4 nitrogen and oxygen atoms in total. The zero-order valence-electron chi connectivity index (χ0n) is 8.79. The molecule has 82 valence electrons. The van der Waals surface area contributed by atoms with E-state index in [1.165, 1.54) is 0 Å². The van der Waals surface area contributed by atoms with Gasteiger partial charge in [0, 0.05) is 26.3 Å². The molecular formula is C10H20N2O2. The van der Waals surface area contributed by atoms with Gasteiger partial charge in [-0.15, -0.1) is 0 Å². The maximum atomic E-state index is 6.13. The summed E-state index contributed by atoms with van der Waals surface area (Å²) in [7, 11) is 1.77. The van der Waals surface area contributed by atoms with E-state index in [4.69, 9.17) is 15.2 Å². The Morgan fingerprint density at radius 2 is 2.36 bits per heavy atom. The predicted molar refractivity (Wildman–Crippen MR) is 54.2 cm³/mol. The van der Waals surface area contributed by atoms with E-state index in [1.807, 2.05) is 0 Å². The Bertz CT molecular complexity index is 187. The molecule has 1 aliphatic heterocycles. The third-order valence-electron chi connectivity index (χ3n) is 3.30. The maximum absolute atomic E-state index is 6.13. The molecule has 1 heterocycles. The number of hydrogen-bond acceptors (Lipinski definition) is 4. The molecule has 4 heteroatoms. The van der Waals surface area contributed by atoms with Crippen LogP contribution in [0.15, 0.2) is 0 Å². The molecule has 14 heavy (non-hydrogen) atoms. The minimum atomic E-state index is -0.127. The lowest BCUT2D eigenvalue weighted by Crippen LogP contribution is -2.55. The van der Waals surface area contributed by atoms with E-state index in [0.29, 0.717) is 18.8 Å². The number of nitrogens with two attached hydrogens (primary N) is 1. The number of methoxy groups -OCH3 is 1. The van der Waals surface area contributed by atoms with Gasteiger partial charge in [0.15, 0.2) is 0 Å². The lowest BCUT2D eigenvalue weighted by Gasteiger charge is -2.36. The Kier molecular flexibility index (Phi) is 3.07. The molecule has 1 saturated carbocycles. The maximum Gasteiger partial charge on any atom is 0.0659 e. The summed E-state index contributed by atoms with van der Waals surface area (Å²) in [6.45, 7) is 2.37. The summed E-state index contributed by atoms with van der Waals surface area (Å²) in [4.78, 5) is 0. The fraction of sp³-hybridized carbons (Fsp3) is 1.00. The normalized spacial score (nSPS) is 42.4. The van der Waals surface area contributed by atoms with Crippen LogP contribution in [-0.2, 0) is 9.47 Å². The Labute approximate surface area is 85.1 Å². The largest absolute Gasteiger partial charge is 0.381 e. The third-order valence-corrected chi connectivity index (χ3v) is 3.30. The summed E-state index contributed by atoms with van der Waals surface area (Å²) in [6.07, 6.45) is 3.67. The second-order valence-corrected chi connectivity index (χ2v) is 4.57. The summed E-state index contributed by atoms with van der Waals surface area (Å²) in [5.41, 5.74) is 6.01. The van der Waals surface area contributed by atoms with Gasteiger partial charge in [-0.2, -0.15) is 0 Å². The SMILES string of the molecule is COC1CC(NCC2(N)CCOC2)C1. The van der Waals surface area contributed by atoms with Gasteiger partial charge in [0.05, 0.1) is 18.2 Å². The van der Waals surface area contributed by atoms with E-state index in [1.54, 1.807) is 7.11 Å². The number of nitrogens with one attached hydrogen (secondary N) is 1. The van der Waals surface area contributed by atoms with Gasteiger partial charge in [-0.25, -0.2) is 0 Å². The van der Waals surface area contributed by atoms with Gasteiger partial charge in [0.2, 0.25) is 0 Å². The van der Waals surface area contributed by atoms with Crippen LogP contribution >= 0.6 is 0 Å². The van der Waals surface area contributed by atoms with Gasteiger partial charge < -0.3 is 20.5 Å². The highest BCUT2D eigenvalue weighted by Gasteiger charge is 2.34. The van der Waals surface area contributed by atoms with Crippen LogP contribution in [0.25, 0.3) is 0 Å². The van der Waals surface area contributed by atoms with Crippen molar-refractivity contribution in [2.75, 3.05) is 26.9 Å². The molecule has 0 spiro atoms. The monoisotopic (exact) mass is 200 g/mol. The fourth-order valence-corrected chi connectivity index (χ4v) is 2.03. The zero-order chi connectivity index (χ0) is 10.0. The highest BCUT2D eigenvalue weighted by atomic mass is 16.5. The molecule has 1 unspecified atom stereocenters. The van der Waals surface area contributed by atoms with Crippen LogP contribution in [0, 0.1) is 0 Å². The Balaban J connectivity index is 1.63. The van der Waals surface area contributed by atoms with Gasteiger partial charge in [0.1, 0.15) is 0 Å². The topological polar surface area (TPSA) is 56.5 Å². The van der Waals surface area contributed by atoms with Crippen molar-refractivity contribution in [3.8, 4) is 0 Å². The summed E-state index contributed by atoms with van der Waals surface area (Å²) in [5, 5.41) is 3.48. The van der Waals surface area contributed by atoms with Gasteiger partial charge in [-0.05, 0) is 19.3 Å². The minimum Gasteiger partial charge on any atom is -0.381 e. The molecule has 0 aromatic heterocycles. The van der Waals surface area contributed by atoms with Gasteiger partial charge >= 0.3 is 0 Å². The van der Waals surface area contributed by atoms with E-state index in [0.717, 1.165) is 32.4 Å². The zero-order valence-corrected chi connectivity index (χ0v) is 8.79. The lowest BCUT2D eigenvalue weighted by atomic mass is 9.88. The van der Waals surface area contributed by atoms with Crippen LogP contribution in [0.2, 0.25) is 0 Å². The van der Waals surface area contributed by atoms with Crippen LogP contribution in [-0.4, -0.2) is 44.6 Å². The third kappa shape index (κ3) is 2.25.